The third-order valence-corrected chi connectivity index (χ3v) is 4.51. The fourth-order valence-corrected chi connectivity index (χ4v) is 3.05. The number of nitrogens with two attached hydrogens (primary N) is 1. The highest BCUT2D eigenvalue weighted by atomic mass is 16.5. The zero-order chi connectivity index (χ0) is 16.9. The van der Waals surface area contributed by atoms with Gasteiger partial charge in [0.05, 0.1) is 25.2 Å². The molecule has 0 spiro atoms. The molecular formula is C18H24N4O2. The summed E-state index contributed by atoms with van der Waals surface area (Å²) in [6, 6.07) is 11.4. The molecule has 1 aromatic carbocycles. The zero-order valence-corrected chi connectivity index (χ0v) is 13.9. The average Bonchev–Trinajstić information content (AvgIpc) is 3.14. The van der Waals surface area contributed by atoms with Crippen LogP contribution in [0.3, 0.4) is 0 Å². The molecule has 2 N–H and O–H groups in total. The van der Waals surface area contributed by atoms with Crippen LogP contribution in [0.5, 0.6) is 0 Å². The second kappa shape index (κ2) is 7.59. The van der Waals surface area contributed by atoms with Gasteiger partial charge in [-0.25, -0.2) is 0 Å². The lowest BCUT2D eigenvalue weighted by atomic mass is 9.94. The average molecular weight is 328 g/mol. The Bertz CT molecular complexity index is 644. The van der Waals surface area contributed by atoms with Crippen molar-refractivity contribution in [2.75, 3.05) is 19.7 Å². The Kier molecular flexibility index (Phi) is 5.27. The van der Waals surface area contributed by atoms with E-state index in [0.717, 1.165) is 5.56 Å². The predicted octanol–water partition coefficient (Wildman–Crippen LogP) is 1.45. The number of nitrogens with zero attached hydrogens (tertiary/aromatic N) is 3. The van der Waals surface area contributed by atoms with E-state index in [4.69, 9.17) is 10.5 Å². The minimum Gasteiger partial charge on any atom is -0.373 e. The Morgan fingerprint density at radius 2 is 2.17 bits per heavy atom. The third kappa shape index (κ3) is 3.83. The first kappa shape index (κ1) is 16.7. The number of aromatic nitrogens is 2. The summed E-state index contributed by atoms with van der Waals surface area (Å²) in [6.07, 6.45) is 3.60. The molecule has 3 unspecified atom stereocenters. The van der Waals surface area contributed by atoms with Gasteiger partial charge in [0.15, 0.2) is 0 Å². The predicted molar refractivity (Wildman–Crippen MR) is 91.1 cm³/mol. The Morgan fingerprint density at radius 1 is 1.38 bits per heavy atom. The summed E-state index contributed by atoms with van der Waals surface area (Å²) < 4.78 is 7.60. The number of benzene rings is 1. The van der Waals surface area contributed by atoms with Crippen molar-refractivity contribution >= 4 is 5.91 Å². The van der Waals surface area contributed by atoms with E-state index in [0.29, 0.717) is 26.2 Å². The maximum absolute atomic E-state index is 12.8. The van der Waals surface area contributed by atoms with Crippen LogP contribution < -0.4 is 5.73 Å². The zero-order valence-electron chi connectivity index (χ0n) is 13.9. The molecule has 128 valence electrons. The molecule has 1 saturated heterocycles. The SMILES string of the molecule is CC(C(=O)N1CCOC(Cn2cccn2)C1)C(N)c1ccccc1. The number of carbonyl (C=O) groups is 1. The number of ether oxygens (including phenoxy) is 1. The molecule has 6 nitrogen and oxygen atoms in total. The molecule has 24 heavy (non-hydrogen) atoms. The van der Waals surface area contributed by atoms with Crippen molar-refractivity contribution in [3.8, 4) is 0 Å². The van der Waals surface area contributed by atoms with Gasteiger partial charge >= 0.3 is 0 Å². The smallest absolute Gasteiger partial charge is 0.227 e. The van der Waals surface area contributed by atoms with Crippen LogP contribution in [0.1, 0.15) is 18.5 Å². The summed E-state index contributed by atoms with van der Waals surface area (Å²) in [6.45, 7) is 4.28. The summed E-state index contributed by atoms with van der Waals surface area (Å²) >= 11 is 0. The van der Waals surface area contributed by atoms with Crippen LogP contribution in [0.25, 0.3) is 0 Å². The molecule has 1 aliphatic heterocycles. The monoisotopic (exact) mass is 328 g/mol. The van der Waals surface area contributed by atoms with Crippen molar-refractivity contribution in [3.05, 3.63) is 54.4 Å². The van der Waals surface area contributed by atoms with Gasteiger partial charge in [-0.15, -0.1) is 0 Å². The molecule has 6 heteroatoms. The van der Waals surface area contributed by atoms with Crippen molar-refractivity contribution in [3.63, 3.8) is 0 Å². The largest absolute Gasteiger partial charge is 0.373 e. The lowest BCUT2D eigenvalue weighted by molar-refractivity contribution is -0.143. The maximum Gasteiger partial charge on any atom is 0.227 e. The van der Waals surface area contributed by atoms with Gasteiger partial charge in [0, 0.05) is 31.5 Å². The van der Waals surface area contributed by atoms with Crippen LogP contribution in [-0.2, 0) is 16.1 Å². The molecule has 2 heterocycles. The van der Waals surface area contributed by atoms with Gasteiger partial charge in [-0.3, -0.25) is 9.48 Å². The van der Waals surface area contributed by atoms with Gasteiger partial charge in [-0.05, 0) is 11.6 Å². The fraction of sp³-hybridized carbons (Fsp3) is 0.444. The van der Waals surface area contributed by atoms with E-state index >= 15 is 0 Å². The fourth-order valence-electron chi connectivity index (χ4n) is 3.05. The third-order valence-electron chi connectivity index (χ3n) is 4.51. The molecule has 1 fully saturated rings. The molecule has 1 aliphatic rings. The Morgan fingerprint density at radius 3 is 2.88 bits per heavy atom. The van der Waals surface area contributed by atoms with Crippen molar-refractivity contribution < 1.29 is 9.53 Å². The topological polar surface area (TPSA) is 73.4 Å². The van der Waals surface area contributed by atoms with E-state index in [1.807, 2.05) is 59.1 Å². The number of hydrogen-bond donors (Lipinski definition) is 1. The number of carbonyl (C=O) groups excluding carboxylic acids is 1. The van der Waals surface area contributed by atoms with E-state index in [-0.39, 0.29) is 24.0 Å². The van der Waals surface area contributed by atoms with E-state index in [2.05, 4.69) is 5.10 Å². The van der Waals surface area contributed by atoms with E-state index in [1.54, 1.807) is 6.20 Å². The summed E-state index contributed by atoms with van der Waals surface area (Å²) in [5.74, 6) is -0.184. The highest BCUT2D eigenvalue weighted by Crippen LogP contribution is 2.22. The summed E-state index contributed by atoms with van der Waals surface area (Å²) in [5, 5.41) is 4.20. The molecule has 3 atom stereocenters. The van der Waals surface area contributed by atoms with Crippen molar-refractivity contribution in [1.82, 2.24) is 14.7 Å². The van der Waals surface area contributed by atoms with Gasteiger partial charge in [0.2, 0.25) is 5.91 Å². The Hall–Kier alpha value is -2.18. The molecule has 2 aromatic rings. The van der Waals surface area contributed by atoms with Gasteiger partial charge in [-0.2, -0.15) is 5.10 Å². The summed E-state index contributed by atoms with van der Waals surface area (Å²) in [4.78, 5) is 14.7. The van der Waals surface area contributed by atoms with E-state index in [9.17, 15) is 4.79 Å². The first-order valence-electron chi connectivity index (χ1n) is 8.33. The number of morpholine rings is 1. The normalized spacial score (nSPS) is 20.6. The molecule has 1 amide bonds. The van der Waals surface area contributed by atoms with Gasteiger partial charge in [0.1, 0.15) is 0 Å². The van der Waals surface area contributed by atoms with Crippen LogP contribution in [0.15, 0.2) is 48.8 Å². The molecule has 1 aromatic heterocycles. The van der Waals surface area contributed by atoms with E-state index in [1.165, 1.54) is 0 Å². The standard InChI is InChI=1S/C18H24N4O2/c1-14(17(19)15-6-3-2-4-7-15)18(23)21-10-11-24-16(12-21)13-22-9-5-8-20-22/h2-9,14,16-17H,10-13,19H2,1H3. The van der Waals surface area contributed by atoms with Gasteiger partial charge in [0.25, 0.3) is 0 Å². The quantitative estimate of drug-likeness (QED) is 0.901. The highest BCUT2D eigenvalue weighted by Gasteiger charge is 2.30. The Balaban J connectivity index is 1.61. The second-order valence-electron chi connectivity index (χ2n) is 6.23. The molecule has 0 bridgehead atoms. The minimum atomic E-state index is -0.300. The second-order valence-corrected chi connectivity index (χ2v) is 6.23. The van der Waals surface area contributed by atoms with Crippen LogP contribution in [0.2, 0.25) is 0 Å². The van der Waals surface area contributed by atoms with Crippen molar-refractivity contribution in [2.24, 2.45) is 11.7 Å². The lowest BCUT2D eigenvalue weighted by Crippen LogP contribution is -2.49. The molecule has 0 saturated carbocycles. The highest BCUT2D eigenvalue weighted by molar-refractivity contribution is 5.79. The first-order chi connectivity index (χ1) is 11.6. The van der Waals surface area contributed by atoms with Crippen LogP contribution >= 0.6 is 0 Å². The summed E-state index contributed by atoms with van der Waals surface area (Å²) in [7, 11) is 0. The number of hydrogen-bond acceptors (Lipinski definition) is 4. The number of amides is 1. The van der Waals surface area contributed by atoms with Gasteiger partial charge in [-0.1, -0.05) is 37.3 Å². The van der Waals surface area contributed by atoms with Gasteiger partial charge < -0.3 is 15.4 Å². The van der Waals surface area contributed by atoms with E-state index < -0.39 is 0 Å². The minimum absolute atomic E-state index is 0.0391. The van der Waals surface area contributed by atoms with Crippen LogP contribution in [0, 0.1) is 5.92 Å². The Labute approximate surface area is 142 Å². The van der Waals surface area contributed by atoms with Crippen molar-refractivity contribution in [1.29, 1.82) is 0 Å². The maximum atomic E-state index is 12.8. The molecule has 0 aliphatic carbocycles. The molecule has 0 radical (unpaired) electrons. The first-order valence-corrected chi connectivity index (χ1v) is 8.33. The molecule has 3 rings (SSSR count). The van der Waals surface area contributed by atoms with Crippen LogP contribution in [-0.4, -0.2) is 46.4 Å². The molecular weight excluding hydrogens is 304 g/mol. The lowest BCUT2D eigenvalue weighted by Gasteiger charge is -2.35. The number of rotatable bonds is 5. The summed E-state index contributed by atoms with van der Waals surface area (Å²) in [5.41, 5.74) is 7.28. The van der Waals surface area contributed by atoms with Crippen molar-refractivity contribution in [2.45, 2.75) is 25.6 Å². The van der Waals surface area contributed by atoms with Crippen LogP contribution in [0.4, 0.5) is 0 Å².